The van der Waals surface area contributed by atoms with E-state index in [-0.39, 0.29) is 36.2 Å². The predicted molar refractivity (Wildman–Crippen MR) is 150 cm³/mol. The van der Waals surface area contributed by atoms with Crippen LogP contribution in [0.25, 0.3) is 0 Å². The van der Waals surface area contributed by atoms with Crippen molar-refractivity contribution in [2.75, 3.05) is 6.61 Å². The molecule has 1 unspecified atom stereocenters. The summed E-state index contributed by atoms with van der Waals surface area (Å²) in [6.07, 6.45) is 0. The van der Waals surface area contributed by atoms with Crippen LogP contribution in [0, 0.1) is 31.0 Å². The summed E-state index contributed by atoms with van der Waals surface area (Å²) in [7, 11) is 0. The van der Waals surface area contributed by atoms with Gasteiger partial charge in [-0.1, -0.05) is 42.5 Å². The lowest BCUT2D eigenvalue weighted by Crippen LogP contribution is -2.22. The molecular weight excluding hydrogens is 523 g/mol. The van der Waals surface area contributed by atoms with Crippen molar-refractivity contribution in [1.82, 2.24) is 0 Å². The summed E-state index contributed by atoms with van der Waals surface area (Å²) in [6, 6.07) is 26.1. The van der Waals surface area contributed by atoms with Gasteiger partial charge in [0.05, 0.1) is 5.92 Å². The highest BCUT2D eigenvalue weighted by atomic mass is 19.1. The number of rotatable bonds is 8. The van der Waals surface area contributed by atoms with Crippen molar-refractivity contribution in [2.24, 2.45) is 5.73 Å². The van der Waals surface area contributed by atoms with E-state index >= 15 is 0 Å². The Kier molecular flexibility index (Phi) is 7.88. The second kappa shape index (κ2) is 11.8. The molecule has 41 heavy (non-hydrogen) atoms. The van der Waals surface area contributed by atoms with Gasteiger partial charge in [-0.15, -0.1) is 0 Å². The van der Waals surface area contributed by atoms with Crippen LogP contribution >= 0.6 is 0 Å². The molecule has 2 N–H and O–H groups in total. The molecule has 4 aromatic rings. The first-order chi connectivity index (χ1) is 19.8. The molecule has 0 saturated carbocycles. The first-order valence-electron chi connectivity index (χ1n) is 12.9. The number of carbonyl (C=O) groups excluding carboxylic acids is 1. The van der Waals surface area contributed by atoms with Gasteiger partial charge in [-0.3, -0.25) is 0 Å². The van der Waals surface area contributed by atoms with Crippen LogP contribution in [0.4, 0.5) is 4.39 Å². The second-order valence-corrected chi connectivity index (χ2v) is 9.57. The van der Waals surface area contributed by atoms with E-state index in [1.165, 1.54) is 12.1 Å². The van der Waals surface area contributed by atoms with Crippen molar-refractivity contribution >= 4 is 5.97 Å². The molecule has 0 bridgehead atoms. The molecule has 0 aliphatic carbocycles. The van der Waals surface area contributed by atoms with Gasteiger partial charge < -0.3 is 24.7 Å². The Morgan fingerprint density at radius 3 is 2.54 bits per heavy atom. The van der Waals surface area contributed by atoms with E-state index in [9.17, 15) is 14.4 Å². The number of nitriles is 1. The molecule has 4 aromatic carbocycles. The molecule has 0 spiro atoms. The van der Waals surface area contributed by atoms with Crippen molar-refractivity contribution in [1.29, 1.82) is 5.26 Å². The minimum Gasteiger partial charge on any atom is -0.489 e. The first kappa shape index (κ1) is 27.3. The van der Waals surface area contributed by atoms with E-state index in [0.29, 0.717) is 22.8 Å². The Balaban J connectivity index is 1.33. The molecule has 0 saturated heterocycles. The number of esters is 1. The summed E-state index contributed by atoms with van der Waals surface area (Å²) in [5.74, 6) is 0.345. The van der Waals surface area contributed by atoms with Crippen LogP contribution in [0.1, 0.15) is 33.7 Å². The van der Waals surface area contributed by atoms with E-state index in [0.717, 1.165) is 22.3 Å². The molecule has 1 aliphatic rings. The molecule has 5 rings (SSSR count). The number of benzene rings is 4. The summed E-state index contributed by atoms with van der Waals surface area (Å²) in [4.78, 5) is 12.5. The molecule has 7 nitrogen and oxygen atoms in total. The minimum atomic E-state index is -0.578. The summed E-state index contributed by atoms with van der Waals surface area (Å²) < 4.78 is 36.1. The van der Waals surface area contributed by atoms with Crippen LogP contribution in [-0.2, 0) is 11.4 Å². The van der Waals surface area contributed by atoms with Crippen LogP contribution in [0.5, 0.6) is 23.0 Å². The lowest BCUT2D eigenvalue weighted by atomic mass is 9.83. The lowest BCUT2D eigenvalue weighted by Gasteiger charge is -2.27. The third-order valence-corrected chi connectivity index (χ3v) is 6.83. The number of allylic oxidation sites excluding steroid dienone is 1. The fraction of sp³-hybridized carbons (Fsp3) is 0.152. The number of hydrogen-bond donors (Lipinski definition) is 1. The highest BCUT2D eigenvalue weighted by Crippen LogP contribution is 2.44. The largest absolute Gasteiger partial charge is 0.489 e. The van der Waals surface area contributed by atoms with Gasteiger partial charge in [0.1, 0.15) is 47.1 Å². The number of halogens is 1. The first-order valence-corrected chi connectivity index (χ1v) is 12.9. The zero-order valence-corrected chi connectivity index (χ0v) is 22.5. The topological polar surface area (TPSA) is 104 Å². The Bertz CT molecular complexity index is 1670. The maximum atomic E-state index is 13.2. The standard InChI is InChI=1S/C33H27FN2O5/c1-20-5-3-8-29(21(20)2)39-19-31(37)40-26-13-14-27-30(16-26)41-33(36)28(17-35)32(27)23-6-4-7-25(15-23)38-18-22-9-11-24(34)12-10-22/h3-16,32H,18-19,36H2,1-2H3. The summed E-state index contributed by atoms with van der Waals surface area (Å²) >= 11 is 0. The van der Waals surface area contributed by atoms with Gasteiger partial charge in [-0.25, -0.2) is 9.18 Å². The van der Waals surface area contributed by atoms with E-state index < -0.39 is 11.9 Å². The molecular formula is C33H27FN2O5. The van der Waals surface area contributed by atoms with Crippen molar-refractivity contribution in [3.8, 4) is 29.1 Å². The SMILES string of the molecule is Cc1cccc(OCC(=O)Oc2ccc3c(c2)OC(N)=C(C#N)C3c2cccc(OCc3ccc(F)cc3)c2)c1C. The van der Waals surface area contributed by atoms with E-state index in [1.807, 2.05) is 44.2 Å². The van der Waals surface area contributed by atoms with Gasteiger partial charge in [0, 0.05) is 11.6 Å². The Morgan fingerprint density at radius 2 is 1.76 bits per heavy atom. The van der Waals surface area contributed by atoms with Gasteiger partial charge in [0.15, 0.2) is 6.61 Å². The second-order valence-electron chi connectivity index (χ2n) is 9.57. The smallest absolute Gasteiger partial charge is 0.349 e. The summed E-state index contributed by atoms with van der Waals surface area (Å²) in [5.41, 5.74) is 10.7. The monoisotopic (exact) mass is 550 g/mol. The number of ether oxygens (including phenoxy) is 4. The van der Waals surface area contributed by atoms with E-state index in [2.05, 4.69) is 6.07 Å². The Labute approximate surface area is 237 Å². The predicted octanol–water partition coefficient (Wildman–Crippen LogP) is 6.22. The van der Waals surface area contributed by atoms with Crippen molar-refractivity contribution in [2.45, 2.75) is 26.4 Å². The number of nitrogens with two attached hydrogens (primary N) is 1. The average molecular weight is 551 g/mol. The van der Waals surface area contributed by atoms with Crippen LogP contribution in [-0.4, -0.2) is 12.6 Å². The van der Waals surface area contributed by atoms with Gasteiger partial charge in [-0.2, -0.15) is 5.26 Å². The Hall–Kier alpha value is -5.29. The molecule has 1 atom stereocenters. The van der Waals surface area contributed by atoms with Crippen molar-refractivity contribution < 1.29 is 28.1 Å². The fourth-order valence-corrected chi connectivity index (χ4v) is 4.55. The average Bonchev–Trinajstić information content (AvgIpc) is 2.97. The minimum absolute atomic E-state index is 0.0376. The fourth-order valence-electron chi connectivity index (χ4n) is 4.55. The number of carbonyl (C=O) groups is 1. The highest BCUT2D eigenvalue weighted by molar-refractivity contribution is 5.74. The third kappa shape index (κ3) is 6.15. The van der Waals surface area contributed by atoms with E-state index in [4.69, 9.17) is 24.7 Å². The summed E-state index contributed by atoms with van der Waals surface area (Å²) in [5, 5.41) is 9.91. The number of hydrogen-bond acceptors (Lipinski definition) is 7. The quantitative estimate of drug-likeness (QED) is 0.205. The molecule has 0 aromatic heterocycles. The van der Waals surface area contributed by atoms with Crippen LogP contribution in [0.2, 0.25) is 0 Å². The molecule has 1 aliphatic heterocycles. The number of aryl methyl sites for hydroxylation is 1. The zero-order chi connectivity index (χ0) is 28.9. The molecule has 0 amide bonds. The molecule has 0 radical (unpaired) electrons. The van der Waals surface area contributed by atoms with Crippen molar-refractivity contribution in [3.63, 3.8) is 0 Å². The molecule has 8 heteroatoms. The van der Waals surface area contributed by atoms with Gasteiger partial charge >= 0.3 is 5.97 Å². The zero-order valence-electron chi connectivity index (χ0n) is 22.5. The Morgan fingerprint density at radius 1 is 0.976 bits per heavy atom. The molecule has 206 valence electrons. The lowest BCUT2D eigenvalue weighted by molar-refractivity contribution is -0.136. The molecule has 0 fully saturated rings. The van der Waals surface area contributed by atoms with Gasteiger partial charge in [0.25, 0.3) is 0 Å². The molecule has 1 heterocycles. The van der Waals surface area contributed by atoms with Crippen molar-refractivity contribution in [3.05, 3.63) is 130 Å². The van der Waals surface area contributed by atoms with E-state index in [1.54, 1.807) is 42.5 Å². The third-order valence-electron chi connectivity index (χ3n) is 6.83. The summed E-state index contributed by atoms with van der Waals surface area (Å²) in [6.45, 7) is 3.87. The number of fused-ring (bicyclic) bond motifs is 1. The van der Waals surface area contributed by atoms with Crippen LogP contribution in [0.3, 0.4) is 0 Å². The maximum Gasteiger partial charge on any atom is 0.349 e. The van der Waals surface area contributed by atoms with Gasteiger partial charge in [0.2, 0.25) is 5.88 Å². The normalized spacial score (nSPS) is 14.0. The van der Waals surface area contributed by atoms with Crippen LogP contribution in [0.15, 0.2) is 96.4 Å². The maximum absolute atomic E-state index is 13.2. The highest BCUT2D eigenvalue weighted by Gasteiger charge is 2.31. The van der Waals surface area contributed by atoms with Gasteiger partial charge in [-0.05, 0) is 72.5 Å². The number of nitrogens with zero attached hydrogens (tertiary/aromatic N) is 1. The van der Waals surface area contributed by atoms with Crippen LogP contribution < -0.4 is 24.7 Å².